The minimum absolute atomic E-state index is 0.101. The van der Waals surface area contributed by atoms with Gasteiger partial charge in [-0.05, 0) is 78.4 Å². The Labute approximate surface area is 261 Å². The highest BCUT2D eigenvalue weighted by atomic mass is 32.2. The molecule has 1 aromatic heterocycles. The van der Waals surface area contributed by atoms with Crippen molar-refractivity contribution in [2.75, 3.05) is 17.2 Å². The number of carbonyl (C=O) groups excluding carboxylic acids is 1. The van der Waals surface area contributed by atoms with Crippen molar-refractivity contribution in [2.24, 2.45) is 4.99 Å². The molecule has 4 aromatic rings. The number of alkyl halides is 3. The maximum absolute atomic E-state index is 14.0. The molecule has 5 rings (SSSR count). The second-order valence-corrected chi connectivity index (χ2v) is 11.6. The third-order valence-corrected chi connectivity index (χ3v) is 7.99. The summed E-state index contributed by atoms with van der Waals surface area (Å²) >= 11 is 1.49. The van der Waals surface area contributed by atoms with Crippen LogP contribution in [0.15, 0.2) is 84.2 Å². The van der Waals surface area contributed by atoms with Crippen LogP contribution in [0.3, 0.4) is 0 Å². The molecule has 8 nitrogen and oxygen atoms in total. The molecule has 0 unspecified atom stereocenters. The first-order chi connectivity index (χ1) is 21.5. The minimum atomic E-state index is -4.76. The number of carbonyl (C=O) groups is 1. The van der Waals surface area contributed by atoms with E-state index in [9.17, 15) is 22.4 Å². The van der Waals surface area contributed by atoms with Gasteiger partial charge in [0.1, 0.15) is 17.9 Å². The Hall–Kier alpha value is -4.65. The normalized spacial score (nSPS) is 15.1. The van der Waals surface area contributed by atoms with E-state index < -0.39 is 12.4 Å². The zero-order valence-corrected chi connectivity index (χ0v) is 25.5. The summed E-state index contributed by atoms with van der Waals surface area (Å²) in [4.78, 5) is 23.4. The number of aliphatic imine (C=N–C) groups is 1. The number of nitrogens with zero attached hydrogens (tertiary/aromatic N) is 5. The average molecular weight is 639 g/mol. The van der Waals surface area contributed by atoms with Crippen LogP contribution in [0.5, 0.6) is 5.75 Å². The van der Waals surface area contributed by atoms with Crippen LogP contribution in [0, 0.1) is 5.82 Å². The highest BCUT2D eigenvalue weighted by Crippen LogP contribution is 2.33. The van der Waals surface area contributed by atoms with Crippen LogP contribution in [0.1, 0.15) is 44.2 Å². The molecule has 234 valence electrons. The van der Waals surface area contributed by atoms with Gasteiger partial charge in [-0.1, -0.05) is 49.9 Å². The molecule has 0 aliphatic carbocycles. The number of halogens is 4. The van der Waals surface area contributed by atoms with E-state index in [4.69, 9.17) is 0 Å². The Bertz CT molecular complexity index is 1720. The largest absolute Gasteiger partial charge is 0.573 e. The van der Waals surface area contributed by atoms with Crippen LogP contribution in [-0.4, -0.2) is 44.6 Å². The first-order valence-corrected chi connectivity index (χ1v) is 15.1. The van der Waals surface area contributed by atoms with Gasteiger partial charge >= 0.3 is 12.4 Å². The van der Waals surface area contributed by atoms with Crippen molar-refractivity contribution in [3.63, 3.8) is 0 Å². The predicted octanol–water partition coefficient (Wildman–Crippen LogP) is 8.17. The van der Waals surface area contributed by atoms with Gasteiger partial charge in [0.25, 0.3) is 0 Å². The Morgan fingerprint density at radius 3 is 2.51 bits per heavy atom. The minimum Gasteiger partial charge on any atom is -0.406 e. The van der Waals surface area contributed by atoms with Crippen LogP contribution in [0.2, 0.25) is 0 Å². The number of hydrogen-bond donors (Lipinski definition) is 1. The number of ether oxygens (including phenoxy) is 1. The zero-order chi connectivity index (χ0) is 32.1. The highest BCUT2D eigenvalue weighted by molar-refractivity contribution is 8.14. The SMILES string of the molecule is C/C(=C\NC(=O)/N=C1\SCCCN1c1ccc(F)cc1C(C)C)c1ccc(-c2ncn(-c3ccc(OC(F)(F)F)cc3)n2)cc1. The summed E-state index contributed by atoms with van der Waals surface area (Å²) < 4.78 is 56.6. The first kappa shape index (κ1) is 31.8. The third-order valence-electron chi connectivity index (χ3n) is 6.92. The van der Waals surface area contributed by atoms with Crippen molar-refractivity contribution in [1.82, 2.24) is 20.1 Å². The van der Waals surface area contributed by atoms with Crippen LogP contribution in [0.4, 0.5) is 28.0 Å². The van der Waals surface area contributed by atoms with E-state index in [1.165, 1.54) is 59.2 Å². The van der Waals surface area contributed by atoms with Gasteiger partial charge in [-0.3, -0.25) is 0 Å². The molecule has 1 fully saturated rings. The molecule has 0 spiro atoms. The van der Waals surface area contributed by atoms with Gasteiger partial charge in [0.2, 0.25) is 0 Å². The van der Waals surface area contributed by atoms with Crippen LogP contribution < -0.4 is 15.0 Å². The van der Waals surface area contributed by atoms with Crippen molar-refractivity contribution in [3.8, 4) is 22.8 Å². The monoisotopic (exact) mass is 638 g/mol. The maximum Gasteiger partial charge on any atom is 0.573 e. The maximum atomic E-state index is 14.0. The molecular formula is C32H30F4N6O2S. The summed E-state index contributed by atoms with van der Waals surface area (Å²) in [7, 11) is 0. The molecule has 1 aliphatic rings. The zero-order valence-electron chi connectivity index (χ0n) is 24.7. The predicted molar refractivity (Wildman–Crippen MR) is 168 cm³/mol. The summed E-state index contributed by atoms with van der Waals surface area (Å²) in [5.41, 5.74) is 4.61. The van der Waals surface area contributed by atoms with E-state index >= 15 is 0 Å². The van der Waals surface area contributed by atoms with Gasteiger partial charge in [0, 0.05) is 29.7 Å². The number of allylic oxidation sites excluding steroid dienone is 1. The molecule has 2 heterocycles. The molecule has 45 heavy (non-hydrogen) atoms. The molecule has 0 atom stereocenters. The average Bonchev–Trinajstić information content (AvgIpc) is 3.50. The Kier molecular flexibility index (Phi) is 9.57. The third kappa shape index (κ3) is 8.09. The Balaban J connectivity index is 1.24. The molecule has 0 saturated carbocycles. The van der Waals surface area contributed by atoms with Gasteiger partial charge < -0.3 is 15.0 Å². The number of amides is 2. The molecule has 13 heteroatoms. The Morgan fingerprint density at radius 2 is 1.82 bits per heavy atom. The van der Waals surface area contributed by atoms with E-state index in [1.54, 1.807) is 12.3 Å². The number of thioether (sulfide) groups is 1. The summed E-state index contributed by atoms with van der Waals surface area (Å²) in [5, 5.41) is 7.74. The van der Waals surface area contributed by atoms with Crippen molar-refractivity contribution in [1.29, 1.82) is 0 Å². The van der Waals surface area contributed by atoms with Gasteiger partial charge in [0.15, 0.2) is 11.0 Å². The first-order valence-electron chi connectivity index (χ1n) is 14.1. The second kappa shape index (κ2) is 13.6. The lowest BCUT2D eigenvalue weighted by Crippen LogP contribution is -2.36. The van der Waals surface area contributed by atoms with Crippen LogP contribution >= 0.6 is 11.8 Å². The van der Waals surface area contributed by atoms with E-state index in [-0.39, 0.29) is 17.5 Å². The Morgan fingerprint density at radius 1 is 1.09 bits per heavy atom. The fraction of sp³-hybridized carbons (Fsp3) is 0.250. The van der Waals surface area contributed by atoms with Crippen molar-refractivity contribution < 1.29 is 27.1 Å². The summed E-state index contributed by atoms with van der Waals surface area (Å²) in [6.45, 7) is 6.55. The molecule has 0 radical (unpaired) electrons. The van der Waals surface area contributed by atoms with Crippen LogP contribution in [0.25, 0.3) is 22.6 Å². The molecule has 1 aliphatic heterocycles. The second-order valence-electron chi connectivity index (χ2n) is 10.5. The summed E-state index contributed by atoms with van der Waals surface area (Å²) in [5.74, 6) is 0.741. The van der Waals surface area contributed by atoms with Crippen molar-refractivity contribution in [3.05, 3.63) is 96.2 Å². The number of hydrogen-bond acceptors (Lipinski definition) is 5. The number of nitrogens with one attached hydrogen (secondary N) is 1. The summed E-state index contributed by atoms with van der Waals surface area (Å²) in [6, 6.07) is 16.9. The lowest BCUT2D eigenvalue weighted by Gasteiger charge is -2.31. The fourth-order valence-corrected chi connectivity index (χ4v) is 5.63. The van der Waals surface area contributed by atoms with E-state index in [0.29, 0.717) is 23.2 Å². The number of urea groups is 1. The van der Waals surface area contributed by atoms with E-state index in [2.05, 4.69) is 25.1 Å². The number of rotatable bonds is 7. The fourth-order valence-electron chi connectivity index (χ4n) is 4.68. The van der Waals surface area contributed by atoms with Crippen LogP contribution in [-0.2, 0) is 0 Å². The van der Waals surface area contributed by atoms with E-state index in [0.717, 1.165) is 40.1 Å². The molecule has 2 amide bonds. The molecule has 1 N–H and O–H groups in total. The van der Waals surface area contributed by atoms with Crippen molar-refractivity contribution in [2.45, 2.75) is 39.5 Å². The quantitative estimate of drug-likeness (QED) is 0.206. The van der Waals surface area contributed by atoms with Gasteiger partial charge in [-0.25, -0.2) is 18.9 Å². The molecule has 0 bridgehead atoms. The number of anilines is 1. The molecular weight excluding hydrogens is 608 g/mol. The summed E-state index contributed by atoms with van der Waals surface area (Å²) in [6.07, 6.45) is -0.785. The topological polar surface area (TPSA) is 84.6 Å². The smallest absolute Gasteiger partial charge is 0.406 e. The van der Waals surface area contributed by atoms with Gasteiger partial charge in [-0.15, -0.1) is 18.3 Å². The van der Waals surface area contributed by atoms with Gasteiger partial charge in [-0.2, -0.15) is 4.99 Å². The van der Waals surface area contributed by atoms with Gasteiger partial charge in [0.05, 0.1) is 5.69 Å². The number of benzene rings is 3. The number of amidine groups is 1. The standard InChI is InChI=1S/C32H30F4N6O2S/c1-20(2)27-17-24(33)9-14-28(27)41-15-4-16-45-31(41)39-30(43)37-18-21(3)22-5-7-23(8-6-22)29-38-19-42(40-29)25-10-12-26(13-11-25)44-32(34,35)36/h5-14,17-20H,4,15-16H2,1-3H3,(H,37,43)/b21-18+,39-31-. The lowest BCUT2D eigenvalue weighted by atomic mass is 10.00. The highest BCUT2D eigenvalue weighted by Gasteiger charge is 2.31. The lowest BCUT2D eigenvalue weighted by molar-refractivity contribution is -0.274. The number of aromatic nitrogens is 3. The molecule has 3 aromatic carbocycles. The van der Waals surface area contributed by atoms with Crippen molar-refractivity contribution >= 4 is 34.2 Å². The molecule has 1 saturated heterocycles. The van der Waals surface area contributed by atoms with E-state index in [1.807, 2.05) is 49.9 Å².